The quantitative estimate of drug-likeness (QED) is 0.344. The zero-order valence-electron chi connectivity index (χ0n) is 21.6. The lowest BCUT2D eigenvalue weighted by atomic mass is 9.97. The molecule has 2 N–H and O–H groups in total. The minimum Gasteiger partial charge on any atom is -0.361 e. The number of aromatic nitrogens is 5. The second kappa shape index (κ2) is 9.68. The summed E-state index contributed by atoms with van der Waals surface area (Å²) < 4.78 is 1.69. The smallest absolute Gasteiger partial charge is 0.276 e. The molecule has 10 heteroatoms. The molecule has 6 rings (SSSR count). The van der Waals surface area contributed by atoms with Crippen LogP contribution in [0.2, 0.25) is 0 Å². The van der Waals surface area contributed by atoms with Crippen molar-refractivity contribution in [1.29, 1.82) is 0 Å². The fraction of sp³-hybridized carbons (Fsp3) is 0.321. The van der Waals surface area contributed by atoms with E-state index >= 15 is 0 Å². The molecule has 38 heavy (non-hydrogen) atoms. The standard InChI is InChI=1S/C28H29N7O2S/c1-16-12-17(2)30-26-24(16)25(33-34(26)3)32-27(37)22-15-38-28(31-22)18-8-10-35(11-9-18)23(36)13-19-14-29-21-7-5-4-6-20(19)21/h4-7,12,14-15,18,29H,8-11,13H2,1-3H3,(H,32,33,37). The summed E-state index contributed by atoms with van der Waals surface area (Å²) in [6.07, 6.45) is 4.00. The Morgan fingerprint density at radius 1 is 1.16 bits per heavy atom. The topological polar surface area (TPSA) is 109 Å². The number of rotatable bonds is 5. The number of H-pyrrole nitrogens is 1. The highest BCUT2D eigenvalue weighted by Gasteiger charge is 2.27. The predicted octanol–water partition coefficient (Wildman–Crippen LogP) is 4.72. The highest BCUT2D eigenvalue weighted by molar-refractivity contribution is 7.10. The Balaban J connectivity index is 1.09. The van der Waals surface area contributed by atoms with Crippen molar-refractivity contribution in [2.75, 3.05) is 18.4 Å². The van der Waals surface area contributed by atoms with Gasteiger partial charge in [0.1, 0.15) is 5.69 Å². The van der Waals surface area contributed by atoms with Gasteiger partial charge in [0.2, 0.25) is 5.91 Å². The van der Waals surface area contributed by atoms with E-state index in [1.807, 2.05) is 62.3 Å². The van der Waals surface area contributed by atoms with E-state index in [-0.39, 0.29) is 17.7 Å². The van der Waals surface area contributed by atoms with E-state index in [0.29, 0.717) is 31.0 Å². The average molecular weight is 528 g/mol. The van der Waals surface area contributed by atoms with Gasteiger partial charge < -0.3 is 15.2 Å². The van der Waals surface area contributed by atoms with Gasteiger partial charge in [-0.2, -0.15) is 5.10 Å². The lowest BCUT2D eigenvalue weighted by Crippen LogP contribution is -2.38. The molecule has 0 atom stereocenters. The number of carbonyl (C=O) groups excluding carboxylic acids is 2. The molecule has 0 saturated carbocycles. The molecule has 4 aromatic heterocycles. The molecule has 5 heterocycles. The number of nitrogens with zero attached hydrogens (tertiary/aromatic N) is 5. The number of pyridine rings is 1. The Labute approximate surface area is 223 Å². The fourth-order valence-electron chi connectivity index (χ4n) is 5.36. The summed E-state index contributed by atoms with van der Waals surface area (Å²) in [5, 5.41) is 12.1. The summed E-state index contributed by atoms with van der Waals surface area (Å²) in [4.78, 5) is 40.4. The van der Waals surface area contributed by atoms with Crippen LogP contribution in [0.15, 0.2) is 41.9 Å². The molecule has 0 unspecified atom stereocenters. The van der Waals surface area contributed by atoms with Gasteiger partial charge in [0.05, 0.1) is 16.8 Å². The molecule has 0 spiro atoms. The van der Waals surface area contributed by atoms with E-state index in [0.717, 1.165) is 56.6 Å². The number of thiazole rings is 1. The van der Waals surface area contributed by atoms with Gasteiger partial charge in [-0.1, -0.05) is 18.2 Å². The monoisotopic (exact) mass is 527 g/mol. The minimum atomic E-state index is -0.279. The molecule has 1 aliphatic rings. The van der Waals surface area contributed by atoms with Crippen LogP contribution in [0.3, 0.4) is 0 Å². The van der Waals surface area contributed by atoms with Gasteiger partial charge in [0, 0.05) is 54.2 Å². The van der Waals surface area contributed by atoms with E-state index in [1.165, 1.54) is 11.3 Å². The van der Waals surface area contributed by atoms with Crippen molar-refractivity contribution in [1.82, 2.24) is 29.6 Å². The average Bonchev–Trinajstić information content (AvgIpc) is 3.63. The summed E-state index contributed by atoms with van der Waals surface area (Å²) >= 11 is 1.51. The summed E-state index contributed by atoms with van der Waals surface area (Å²) in [7, 11) is 1.82. The molecular formula is C28H29N7O2S. The summed E-state index contributed by atoms with van der Waals surface area (Å²) in [5.74, 6) is 0.603. The number of piperidine rings is 1. The van der Waals surface area contributed by atoms with Crippen LogP contribution in [0.4, 0.5) is 5.82 Å². The van der Waals surface area contributed by atoms with Crippen molar-refractivity contribution in [3.63, 3.8) is 0 Å². The second-order valence-corrected chi connectivity index (χ2v) is 10.9. The highest BCUT2D eigenvalue weighted by atomic mass is 32.1. The molecule has 2 amide bonds. The molecule has 1 aromatic carbocycles. The Morgan fingerprint density at radius 2 is 1.95 bits per heavy atom. The van der Waals surface area contributed by atoms with Gasteiger partial charge in [0.25, 0.3) is 5.91 Å². The Bertz CT molecular complexity index is 1670. The third-order valence-electron chi connectivity index (χ3n) is 7.32. The SMILES string of the molecule is Cc1cc(C)c2c(NC(=O)c3csc(C4CCN(C(=O)Cc5c[nH]c6ccccc56)CC4)n3)nn(C)c2n1. The largest absolute Gasteiger partial charge is 0.361 e. The Kier molecular flexibility index (Phi) is 6.19. The number of amides is 2. The normalized spacial score (nSPS) is 14.4. The zero-order valence-corrected chi connectivity index (χ0v) is 22.4. The summed E-state index contributed by atoms with van der Waals surface area (Å²) in [5.41, 5.74) is 5.13. The minimum absolute atomic E-state index is 0.148. The number of nitrogens with one attached hydrogen (secondary N) is 2. The lowest BCUT2D eigenvalue weighted by Gasteiger charge is -2.31. The number of anilines is 1. The second-order valence-electron chi connectivity index (χ2n) is 9.97. The van der Waals surface area contributed by atoms with E-state index in [2.05, 4.69) is 25.4 Å². The van der Waals surface area contributed by atoms with Crippen LogP contribution in [0.1, 0.15) is 51.1 Å². The number of fused-ring (bicyclic) bond motifs is 2. The molecule has 0 radical (unpaired) electrons. The van der Waals surface area contributed by atoms with Crippen LogP contribution < -0.4 is 5.32 Å². The first-order chi connectivity index (χ1) is 18.4. The Morgan fingerprint density at radius 3 is 2.76 bits per heavy atom. The molecule has 1 aliphatic heterocycles. The van der Waals surface area contributed by atoms with Crippen LogP contribution in [-0.4, -0.2) is 54.5 Å². The fourth-order valence-corrected chi connectivity index (χ4v) is 6.33. The van der Waals surface area contributed by atoms with Crippen molar-refractivity contribution in [2.45, 2.75) is 39.0 Å². The van der Waals surface area contributed by atoms with Crippen molar-refractivity contribution >= 4 is 50.9 Å². The van der Waals surface area contributed by atoms with Crippen LogP contribution >= 0.6 is 11.3 Å². The Hall–Kier alpha value is -4.05. The molecule has 1 fully saturated rings. The molecule has 0 aliphatic carbocycles. The number of carbonyl (C=O) groups is 2. The molecule has 9 nitrogen and oxygen atoms in total. The third kappa shape index (κ3) is 4.45. The van der Waals surface area contributed by atoms with Gasteiger partial charge in [-0.05, 0) is 49.9 Å². The van der Waals surface area contributed by atoms with Crippen molar-refractivity contribution in [3.8, 4) is 0 Å². The first-order valence-corrected chi connectivity index (χ1v) is 13.7. The molecule has 194 valence electrons. The van der Waals surface area contributed by atoms with Crippen LogP contribution in [0.5, 0.6) is 0 Å². The number of para-hydroxylation sites is 1. The van der Waals surface area contributed by atoms with Crippen molar-refractivity contribution < 1.29 is 9.59 Å². The molecule has 0 bridgehead atoms. The lowest BCUT2D eigenvalue weighted by molar-refractivity contribution is -0.131. The van der Waals surface area contributed by atoms with E-state index in [1.54, 1.807) is 10.1 Å². The van der Waals surface area contributed by atoms with E-state index in [9.17, 15) is 9.59 Å². The number of aryl methyl sites for hydroxylation is 3. The third-order valence-corrected chi connectivity index (χ3v) is 8.33. The van der Waals surface area contributed by atoms with Gasteiger partial charge >= 0.3 is 0 Å². The predicted molar refractivity (Wildman–Crippen MR) is 149 cm³/mol. The zero-order chi connectivity index (χ0) is 26.4. The number of hydrogen-bond donors (Lipinski definition) is 2. The van der Waals surface area contributed by atoms with Crippen LogP contribution in [0.25, 0.3) is 21.9 Å². The summed E-state index contributed by atoms with van der Waals surface area (Å²) in [6.45, 7) is 5.32. The van der Waals surface area contributed by atoms with E-state index < -0.39 is 0 Å². The molecular weight excluding hydrogens is 498 g/mol. The van der Waals surface area contributed by atoms with E-state index in [4.69, 9.17) is 0 Å². The number of hydrogen-bond acceptors (Lipinski definition) is 6. The van der Waals surface area contributed by atoms with Gasteiger partial charge in [-0.25, -0.2) is 14.6 Å². The van der Waals surface area contributed by atoms with Gasteiger partial charge in [-0.3, -0.25) is 9.59 Å². The number of benzene rings is 1. The molecule has 5 aromatic rings. The van der Waals surface area contributed by atoms with Crippen LogP contribution in [-0.2, 0) is 18.3 Å². The maximum atomic E-state index is 13.0. The van der Waals surface area contributed by atoms with Crippen molar-refractivity contribution in [2.24, 2.45) is 7.05 Å². The first kappa shape index (κ1) is 24.3. The number of aromatic amines is 1. The van der Waals surface area contributed by atoms with Crippen LogP contribution in [0, 0.1) is 13.8 Å². The first-order valence-electron chi connectivity index (χ1n) is 12.8. The summed E-state index contributed by atoms with van der Waals surface area (Å²) in [6, 6.07) is 10.0. The molecule has 1 saturated heterocycles. The van der Waals surface area contributed by atoms with Gasteiger partial charge in [-0.15, -0.1) is 11.3 Å². The highest BCUT2D eigenvalue weighted by Crippen LogP contribution is 2.32. The maximum Gasteiger partial charge on any atom is 0.276 e. The maximum absolute atomic E-state index is 13.0. The number of likely N-dealkylation sites (tertiary alicyclic amines) is 1. The van der Waals surface area contributed by atoms with Crippen molar-refractivity contribution in [3.05, 3.63) is 69.4 Å². The van der Waals surface area contributed by atoms with Gasteiger partial charge in [0.15, 0.2) is 11.5 Å².